The summed E-state index contributed by atoms with van der Waals surface area (Å²) in [5.41, 5.74) is 0. The van der Waals surface area contributed by atoms with Gasteiger partial charge in [-0.25, -0.2) is 4.79 Å². The average Bonchev–Trinajstić information content (AvgIpc) is 2.03. The zero-order valence-electron chi connectivity index (χ0n) is 6.57. The lowest BCUT2D eigenvalue weighted by Crippen LogP contribution is -2.05. The molecule has 0 amide bonds. The first-order valence-corrected chi connectivity index (χ1v) is 6.42. The Morgan fingerprint density at radius 3 is 2.50 bits per heavy atom. The summed E-state index contributed by atoms with van der Waals surface area (Å²) in [6.45, 7) is 2.57. The third-order valence-electron chi connectivity index (χ3n) is 1.08. The van der Waals surface area contributed by atoms with E-state index in [2.05, 4.69) is 22.9 Å². The zero-order valence-corrected chi connectivity index (χ0v) is 12.5. The molecule has 0 aromatic heterocycles. The van der Waals surface area contributed by atoms with Gasteiger partial charge in [0.25, 0.3) is 0 Å². The predicted molar refractivity (Wildman–Crippen MR) is 69.9 cm³/mol. The van der Waals surface area contributed by atoms with Gasteiger partial charge < -0.3 is 4.74 Å². The maximum Gasteiger partial charge on any atom is 0.345 e. The lowest BCUT2D eigenvalue weighted by molar-refractivity contribution is -0.138. The maximum atomic E-state index is 11.1. The normalized spacial score (nSPS) is 12.3. The van der Waals surface area contributed by atoms with E-state index < -0.39 is 0 Å². The number of unbranched alkanes of at least 4 members (excludes halogenated alkanes) is 1. The Labute approximate surface area is 108 Å². The van der Waals surface area contributed by atoms with E-state index >= 15 is 0 Å². The van der Waals surface area contributed by atoms with Crippen LogP contribution in [0.3, 0.4) is 0 Å². The van der Waals surface area contributed by atoms with Gasteiger partial charge in [-0.2, -0.15) is 0 Å². The maximum absolute atomic E-state index is 11.1. The molecule has 12 heavy (non-hydrogen) atoms. The van der Waals surface area contributed by atoms with Gasteiger partial charge in [-0.3, -0.25) is 0 Å². The lowest BCUT2D eigenvalue weighted by Gasteiger charge is -2.02. The molecule has 0 aromatic rings. The highest BCUT2D eigenvalue weighted by molar-refractivity contribution is 14.1. The molecule has 0 N–H and O–H groups in total. The Morgan fingerprint density at radius 2 is 2.08 bits per heavy atom. The molecule has 0 aliphatic carbocycles. The van der Waals surface area contributed by atoms with Gasteiger partial charge in [-0.15, -0.1) is 0 Å². The number of hydrogen-bond donors (Lipinski definition) is 0. The molecule has 0 heterocycles. The van der Waals surface area contributed by atoms with Crippen LogP contribution in [0.4, 0.5) is 0 Å². The SMILES string of the molecule is CCCCOC(=O)C(I)=C(Br)I. The Hall–Kier alpha value is 1.15. The largest absolute Gasteiger partial charge is 0.462 e. The van der Waals surface area contributed by atoms with E-state index in [0.717, 1.165) is 15.3 Å². The number of rotatable bonds is 4. The van der Waals surface area contributed by atoms with Crippen LogP contribution in [0.5, 0.6) is 0 Å². The number of carbonyl (C=O) groups is 1. The van der Waals surface area contributed by atoms with E-state index in [0.29, 0.717) is 10.2 Å². The van der Waals surface area contributed by atoms with Crippen LogP contribution in [-0.4, -0.2) is 12.6 Å². The van der Waals surface area contributed by atoms with E-state index in [-0.39, 0.29) is 5.97 Å². The van der Waals surface area contributed by atoms with Crippen molar-refractivity contribution in [2.75, 3.05) is 6.61 Å². The second-order valence-corrected chi connectivity index (χ2v) is 6.50. The van der Waals surface area contributed by atoms with Crippen LogP contribution in [0.15, 0.2) is 6.07 Å². The summed E-state index contributed by atoms with van der Waals surface area (Å²) >= 11 is 7.20. The molecule has 2 nitrogen and oxygen atoms in total. The zero-order chi connectivity index (χ0) is 9.56. The number of halogens is 3. The summed E-state index contributed by atoms with van der Waals surface area (Å²) in [7, 11) is 0. The van der Waals surface area contributed by atoms with Crippen LogP contribution in [0, 0.1) is 0 Å². The Balaban J connectivity index is 3.81. The monoisotopic (exact) mass is 458 g/mol. The van der Waals surface area contributed by atoms with E-state index in [1.165, 1.54) is 0 Å². The standard InChI is InChI=1S/C7H9BrI2O2/c1-2-3-4-12-7(11)5(9)6(8)10/h2-4H2,1H3. The van der Waals surface area contributed by atoms with Gasteiger partial charge in [-0.1, -0.05) is 13.3 Å². The first-order valence-electron chi connectivity index (χ1n) is 3.47. The summed E-state index contributed by atoms with van der Waals surface area (Å²) < 4.78 is 6.36. The summed E-state index contributed by atoms with van der Waals surface area (Å²) in [4.78, 5) is 11.1. The second-order valence-electron chi connectivity index (χ2n) is 2.06. The third-order valence-corrected chi connectivity index (χ3v) is 4.77. The molecule has 0 atom stereocenters. The van der Waals surface area contributed by atoms with Gasteiger partial charge >= 0.3 is 5.97 Å². The highest BCUT2D eigenvalue weighted by Gasteiger charge is 2.09. The Morgan fingerprint density at radius 1 is 1.50 bits per heavy atom. The summed E-state index contributed by atoms with van der Waals surface area (Å²) in [5.74, 6) is -0.245. The fourth-order valence-electron chi connectivity index (χ4n) is 0.450. The minimum absolute atomic E-state index is 0.245. The highest BCUT2D eigenvalue weighted by atomic mass is 127. The van der Waals surface area contributed by atoms with Gasteiger partial charge in [0.05, 0.1) is 9.10 Å². The van der Waals surface area contributed by atoms with E-state index in [1.807, 2.05) is 45.2 Å². The van der Waals surface area contributed by atoms with Crippen molar-refractivity contribution >= 4 is 67.1 Å². The van der Waals surface area contributed by atoms with Crippen molar-refractivity contribution in [2.45, 2.75) is 19.8 Å². The van der Waals surface area contributed by atoms with Crippen molar-refractivity contribution in [3.05, 3.63) is 6.07 Å². The fourth-order valence-corrected chi connectivity index (χ4v) is 0.987. The third kappa shape index (κ3) is 5.74. The number of hydrogen-bond acceptors (Lipinski definition) is 2. The Bertz CT molecular complexity index is 188. The summed E-state index contributed by atoms with van der Waals surface area (Å²) in [5, 5.41) is 0. The van der Waals surface area contributed by atoms with Crippen LogP contribution in [0.1, 0.15) is 19.8 Å². The smallest absolute Gasteiger partial charge is 0.345 e. The van der Waals surface area contributed by atoms with Crippen molar-refractivity contribution in [3.8, 4) is 0 Å². The topological polar surface area (TPSA) is 26.3 Å². The first-order chi connectivity index (χ1) is 5.59. The molecule has 0 saturated heterocycles. The minimum atomic E-state index is -0.245. The fraction of sp³-hybridized carbons (Fsp3) is 0.571. The van der Waals surface area contributed by atoms with Crippen LogP contribution >= 0.6 is 61.1 Å². The molecule has 0 rings (SSSR count). The molecule has 0 saturated carbocycles. The molecule has 0 radical (unpaired) electrons. The molecule has 70 valence electrons. The molecule has 5 heteroatoms. The van der Waals surface area contributed by atoms with Crippen LogP contribution < -0.4 is 0 Å². The number of carbonyl (C=O) groups excluding carboxylic acids is 1. The van der Waals surface area contributed by atoms with Crippen LogP contribution in [0.2, 0.25) is 0 Å². The van der Waals surface area contributed by atoms with Gasteiger partial charge in [0.1, 0.15) is 3.58 Å². The molecule has 0 aromatic carbocycles. The van der Waals surface area contributed by atoms with E-state index in [4.69, 9.17) is 4.74 Å². The molecule has 0 unspecified atom stereocenters. The molecular weight excluding hydrogens is 450 g/mol. The van der Waals surface area contributed by atoms with Gasteiger partial charge in [-0.05, 0) is 67.5 Å². The molecule has 0 bridgehead atoms. The molecule has 0 aliphatic rings. The molecule has 0 fully saturated rings. The predicted octanol–water partition coefficient (Wildman–Crippen LogP) is 3.76. The Kier molecular flexibility index (Phi) is 8.27. The lowest BCUT2D eigenvalue weighted by atomic mass is 10.4. The first kappa shape index (κ1) is 13.2. The molecule has 0 aliphatic heterocycles. The minimum Gasteiger partial charge on any atom is -0.462 e. The van der Waals surface area contributed by atoms with Crippen LogP contribution in [-0.2, 0) is 9.53 Å². The van der Waals surface area contributed by atoms with Crippen molar-refractivity contribution in [3.63, 3.8) is 0 Å². The van der Waals surface area contributed by atoms with Crippen LogP contribution in [0.25, 0.3) is 0 Å². The molecular formula is C7H9BrI2O2. The van der Waals surface area contributed by atoms with Crippen molar-refractivity contribution in [1.29, 1.82) is 0 Å². The van der Waals surface area contributed by atoms with Crippen molar-refractivity contribution in [2.24, 2.45) is 0 Å². The quantitative estimate of drug-likeness (QED) is 0.277. The summed E-state index contributed by atoms with van der Waals surface area (Å²) in [6, 6.07) is 0. The van der Waals surface area contributed by atoms with Gasteiger partial charge in [0.15, 0.2) is 0 Å². The van der Waals surface area contributed by atoms with Gasteiger partial charge in [0.2, 0.25) is 0 Å². The van der Waals surface area contributed by atoms with E-state index in [1.54, 1.807) is 0 Å². The van der Waals surface area contributed by atoms with Crippen molar-refractivity contribution in [1.82, 2.24) is 0 Å². The van der Waals surface area contributed by atoms with Crippen molar-refractivity contribution < 1.29 is 9.53 Å². The van der Waals surface area contributed by atoms with Gasteiger partial charge in [0, 0.05) is 0 Å². The highest BCUT2D eigenvalue weighted by Crippen LogP contribution is 2.25. The second kappa shape index (κ2) is 7.54. The number of ether oxygens (including phenoxy) is 1. The average molecular weight is 459 g/mol. The summed E-state index contributed by atoms with van der Waals surface area (Å²) in [6.07, 6.45) is 1.97. The molecule has 0 spiro atoms. The van der Waals surface area contributed by atoms with E-state index in [9.17, 15) is 4.79 Å². The number of esters is 1.